The van der Waals surface area contributed by atoms with Gasteiger partial charge in [0.05, 0.1) is 6.61 Å². The van der Waals surface area contributed by atoms with Crippen molar-refractivity contribution < 1.29 is 54.2 Å². The molecule has 0 saturated heterocycles. The van der Waals surface area contributed by atoms with E-state index in [0.717, 1.165) is 6.04 Å². The molecule has 0 rings (SSSR count). The van der Waals surface area contributed by atoms with Crippen LogP contribution in [-0.2, 0) is 19.1 Å². The minimum absolute atomic E-state index is 0.0233. The van der Waals surface area contributed by atoms with Gasteiger partial charge in [-0.15, -0.1) is 0 Å². The third kappa shape index (κ3) is 7.76. The summed E-state index contributed by atoms with van der Waals surface area (Å²) in [6.45, 7) is 3.68. The number of hydrogen-bond acceptors (Lipinski definition) is 4. The van der Waals surface area contributed by atoms with E-state index in [2.05, 4.69) is 24.4 Å². The van der Waals surface area contributed by atoms with Crippen LogP contribution < -0.4 is 0 Å². The molecule has 13 heteroatoms. The zero-order valence-electron chi connectivity index (χ0n) is 15.2. The second-order valence-corrected chi connectivity index (χ2v) is 12.6. The first-order valence-electron chi connectivity index (χ1n) is 7.87. The topological polar surface area (TPSA) is 52.6 Å². The second kappa shape index (κ2) is 9.70. The van der Waals surface area contributed by atoms with Gasteiger partial charge in [0.15, 0.2) is 6.61 Å². The lowest BCUT2D eigenvalue weighted by Gasteiger charge is -2.31. The van der Waals surface area contributed by atoms with Crippen molar-refractivity contribution in [3.8, 4) is 0 Å². The molecule has 0 aromatic heterocycles. The maximum atomic E-state index is 13.2. The van der Waals surface area contributed by atoms with E-state index in [0.29, 0.717) is 12.5 Å². The van der Waals surface area contributed by atoms with Crippen LogP contribution in [0.5, 0.6) is 0 Å². The van der Waals surface area contributed by atoms with Gasteiger partial charge in [-0.3, -0.25) is 0 Å². The van der Waals surface area contributed by atoms with Crippen LogP contribution in [0.15, 0.2) is 12.2 Å². The minimum Gasteiger partial charge on any atom is -0.463 e. The summed E-state index contributed by atoms with van der Waals surface area (Å²) < 4.78 is 110. The Morgan fingerprint density at radius 1 is 0.929 bits per heavy atom. The van der Waals surface area contributed by atoms with Gasteiger partial charge in [0.1, 0.15) is 0 Å². The molecule has 0 aromatic rings. The van der Waals surface area contributed by atoms with Crippen LogP contribution in [0.2, 0.25) is 25.7 Å². The van der Waals surface area contributed by atoms with Gasteiger partial charge in [-0.25, -0.2) is 18.4 Å². The third-order valence-electron chi connectivity index (χ3n) is 3.22. The first-order chi connectivity index (χ1) is 12.4. The van der Waals surface area contributed by atoms with E-state index in [-0.39, 0.29) is 12.7 Å². The molecule has 0 N–H and O–H groups in total. The Morgan fingerprint density at radius 2 is 1.39 bits per heavy atom. The summed E-state index contributed by atoms with van der Waals surface area (Å²) in [6.07, 6.45) is -3.81. The number of ether oxygens (including phenoxy) is 2. The van der Waals surface area contributed by atoms with Crippen molar-refractivity contribution in [2.75, 3.05) is 13.2 Å². The molecule has 0 bridgehead atoms. The van der Waals surface area contributed by atoms with E-state index >= 15 is 0 Å². The molecule has 0 spiro atoms. The number of rotatable bonds is 11. The average molecular weight is 444 g/mol. The van der Waals surface area contributed by atoms with Crippen LogP contribution in [-0.4, -0.2) is 57.4 Å². The summed E-state index contributed by atoms with van der Waals surface area (Å²) in [4.78, 5) is 22.4. The molecule has 4 nitrogen and oxygen atoms in total. The van der Waals surface area contributed by atoms with Gasteiger partial charge in [0.25, 0.3) is 0 Å². The summed E-state index contributed by atoms with van der Waals surface area (Å²) >= 11 is 0. The van der Waals surface area contributed by atoms with Gasteiger partial charge in [-0.1, -0.05) is 25.7 Å². The molecule has 0 aliphatic heterocycles. The summed E-state index contributed by atoms with van der Waals surface area (Å²) in [5.74, 6) is -21.4. The Morgan fingerprint density at radius 3 is 1.82 bits per heavy atom. The van der Waals surface area contributed by atoms with Gasteiger partial charge >= 0.3 is 36.1 Å². The van der Waals surface area contributed by atoms with Crippen LogP contribution in [0.4, 0.5) is 35.1 Å². The van der Waals surface area contributed by atoms with Crippen molar-refractivity contribution in [1.82, 2.24) is 0 Å². The van der Waals surface area contributed by atoms with Crippen LogP contribution in [0.25, 0.3) is 0 Å². The third-order valence-corrected chi connectivity index (χ3v) is 5.07. The largest absolute Gasteiger partial charge is 0.463 e. The Labute approximate surface area is 156 Å². The Kier molecular flexibility index (Phi) is 9.12. The van der Waals surface area contributed by atoms with Crippen molar-refractivity contribution in [2.24, 2.45) is 0 Å². The van der Waals surface area contributed by atoms with Crippen LogP contribution in [0.1, 0.15) is 6.42 Å². The van der Waals surface area contributed by atoms with Crippen LogP contribution >= 0.6 is 0 Å². The highest BCUT2D eigenvalue weighted by Gasteiger charge is 2.75. The smallest absolute Gasteiger partial charge is 0.381 e. The molecule has 164 valence electrons. The minimum atomic E-state index is -6.48. The molecule has 0 atom stereocenters. The molecule has 0 heterocycles. The summed E-state index contributed by atoms with van der Waals surface area (Å²) in [6, 6.07) is 0.846. The average Bonchev–Trinajstić information content (AvgIpc) is 2.53. The number of carbonyl (C=O) groups is 2. The number of esters is 2. The predicted octanol–water partition coefficient (Wildman–Crippen LogP) is 4.53. The van der Waals surface area contributed by atoms with Crippen LogP contribution in [0.3, 0.4) is 0 Å². The molecule has 28 heavy (non-hydrogen) atoms. The van der Waals surface area contributed by atoms with E-state index < -0.39 is 50.8 Å². The Balaban J connectivity index is 4.60. The van der Waals surface area contributed by atoms with Gasteiger partial charge in [0, 0.05) is 20.2 Å². The highest BCUT2D eigenvalue weighted by atomic mass is 28.3. The van der Waals surface area contributed by atoms with E-state index in [9.17, 15) is 44.7 Å². The van der Waals surface area contributed by atoms with Crippen LogP contribution in [0, 0.1) is 0 Å². The van der Waals surface area contributed by atoms with E-state index in [1.807, 2.05) is 0 Å². The SMILES string of the molecule is C[Si](C)(C)CCCOC(=O)/C=C/C(=O)OCC(F)(F)C(F)(F)C(F)(F)C(F)F. The van der Waals surface area contributed by atoms with Gasteiger partial charge < -0.3 is 9.47 Å². The van der Waals surface area contributed by atoms with Crippen molar-refractivity contribution in [2.45, 2.75) is 56.3 Å². The van der Waals surface area contributed by atoms with E-state index in [4.69, 9.17) is 4.74 Å². The number of hydrogen-bond donors (Lipinski definition) is 0. The highest BCUT2D eigenvalue weighted by molar-refractivity contribution is 6.76. The lowest BCUT2D eigenvalue weighted by molar-refractivity contribution is -0.344. The lowest BCUT2D eigenvalue weighted by Crippen LogP contribution is -2.59. The van der Waals surface area contributed by atoms with Gasteiger partial charge in [-0.05, 0) is 6.42 Å². The molecule has 0 aromatic carbocycles. The van der Waals surface area contributed by atoms with Crippen molar-refractivity contribution >= 4 is 20.0 Å². The maximum absolute atomic E-state index is 13.2. The molecular weight excluding hydrogens is 424 g/mol. The normalized spacial score (nSPS) is 13.9. The number of halogens is 8. The molecule has 0 unspecified atom stereocenters. The van der Waals surface area contributed by atoms with Crippen molar-refractivity contribution in [1.29, 1.82) is 0 Å². The first kappa shape index (κ1) is 26.3. The fourth-order valence-electron chi connectivity index (χ4n) is 1.64. The zero-order valence-corrected chi connectivity index (χ0v) is 16.2. The molecule has 0 aliphatic rings. The number of carbonyl (C=O) groups excluding carboxylic acids is 2. The lowest BCUT2D eigenvalue weighted by atomic mass is 10.1. The maximum Gasteiger partial charge on any atom is 0.381 e. The standard InChI is InChI=1S/C15H20F8O4Si/c1-28(2,3)8-4-7-26-10(24)5-6-11(25)27-9-13(18,19)15(22,23)14(20,21)12(16)17/h5-6,12H,4,7-9H2,1-3H3/b6-5+. The number of alkyl halides is 8. The molecule has 0 saturated carbocycles. The second-order valence-electron chi connectivity index (χ2n) is 6.98. The molecular formula is C15H20F8O4Si. The quantitative estimate of drug-likeness (QED) is 0.155. The monoisotopic (exact) mass is 444 g/mol. The van der Waals surface area contributed by atoms with Crippen molar-refractivity contribution in [3.05, 3.63) is 12.2 Å². The predicted molar refractivity (Wildman–Crippen MR) is 84.7 cm³/mol. The highest BCUT2D eigenvalue weighted by Crippen LogP contribution is 2.48. The molecule has 0 aliphatic carbocycles. The van der Waals surface area contributed by atoms with E-state index in [1.165, 1.54) is 0 Å². The zero-order chi connectivity index (χ0) is 22.4. The Bertz CT molecular complexity index is 573. The fourth-order valence-corrected chi connectivity index (χ4v) is 2.85. The molecule has 0 amide bonds. The summed E-state index contributed by atoms with van der Waals surface area (Å²) in [5, 5.41) is 0. The fraction of sp³-hybridized carbons (Fsp3) is 0.733. The van der Waals surface area contributed by atoms with Gasteiger partial charge in [-0.2, -0.15) is 26.3 Å². The molecule has 0 fully saturated rings. The molecule has 0 radical (unpaired) electrons. The van der Waals surface area contributed by atoms with E-state index in [1.54, 1.807) is 0 Å². The van der Waals surface area contributed by atoms with Gasteiger partial charge in [0.2, 0.25) is 0 Å². The van der Waals surface area contributed by atoms with Crippen molar-refractivity contribution in [3.63, 3.8) is 0 Å². The summed E-state index contributed by atoms with van der Waals surface area (Å²) in [7, 11) is -1.35. The first-order valence-corrected chi connectivity index (χ1v) is 11.6. The summed E-state index contributed by atoms with van der Waals surface area (Å²) in [5.41, 5.74) is 0. The Hall–Kier alpha value is -1.66.